The number of aliphatic hydroxyl groups is 5. The molecule has 324 valence electrons. The molecular formula is C42H60O16. The molecule has 5 aliphatic carbocycles. The highest BCUT2D eigenvalue weighted by Gasteiger charge is 2.72. The molecule has 0 unspecified atom stereocenters. The molecule has 0 amide bonds. The van der Waals surface area contributed by atoms with Crippen molar-refractivity contribution in [2.45, 2.75) is 173 Å². The predicted molar refractivity (Wildman–Crippen MR) is 197 cm³/mol. The summed E-state index contributed by atoms with van der Waals surface area (Å²) in [5, 5.41) is 72.8. The average Bonchev–Trinajstić information content (AvgIpc) is 3.40. The van der Waals surface area contributed by atoms with Gasteiger partial charge < -0.3 is 59.4 Å². The van der Waals surface area contributed by atoms with E-state index < -0.39 is 95.7 Å². The number of carboxylic acids is 2. The Morgan fingerprint density at radius 2 is 1.33 bits per heavy atom. The van der Waals surface area contributed by atoms with Crippen molar-refractivity contribution in [1.82, 2.24) is 0 Å². The van der Waals surface area contributed by atoms with Gasteiger partial charge >= 0.3 is 17.9 Å². The number of allylic oxidation sites excluding steroid dienone is 2. The average molecular weight is 821 g/mol. The van der Waals surface area contributed by atoms with Crippen LogP contribution in [0, 0.1) is 50.2 Å². The van der Waals surface area contributed by atoms with Crippen LogP contribution in [0.5, 0.6) is 0 Å². The standard InChI is InChI=1S/C42H60O16/c1-37(2)20-8-11-42(7)31(19(43)14-17-18-15-38(3)16-22(55-36(38)53)39(18,4)12-13-41(17,42)6)40(20,5)10-9-21(37)54-35-30(26(47)25(46)29(57-35)33(51)52)58-34-27(48)23(44)24(45)28(56-34)32(49)50/h14,18,20-31,34-35,44-48H,8-13,15-16H2,1-7H3,(H,49,50)(H,51,52)/t18-,20-,21-,22+,23-,24+,25-,26-,27+,28-,29-,30+,31+,34-,35+,38+,39+,40-,41+,42+/m0/s1. The van der Waals surface area contributed by atoms with Crippen LogP contribution in [0.3, 0.4) is 0 Å². The lowest BCUT2D eigenvalue weighted by molar-refractivity contribution is -0.371. The molecule has 0 radical (unpaired) electrons. The minimum Gasteiger partial charge on any atom is -0.479 e. The number of aliphatic hydroxyl groups excluding tert-OH is 5. The molecule has 4 saturated carbocycles. The molecule has 2 bridgehead atoms. The smallest absolute Gasteiger partial charge is 0.335 e. The summed E-state index contributed by atoms with van der Waals surface area (Å²) in [6.45, 7) is 15.1. The van der Waals surface area contributed by atoms with E-state index in [9.17, 15) is 54.9 Å². The molecule has 16 heteroatoms. The van der Waals surface area contributed by atoms with Crippen LogP contribution in [-0.4, -0.2) is 133 Å². The summed E-state index contributed by atoms with van der Waals surface area (Å²) >= 11 is 0. The molecule has 8 aliphatic rings. The third kappa shape index (κ3) is 5.64. The number of rotatable bonds is 6. The van der Waals surface area contributed by atoms with Gasteiger partial charge in [0.1, 0.15) is 42.7 Å². The first-order valence-electron chi connectivity index (χ1n) is 20.8. The van der Waals surface area contributed by atoms with Crippen molar-refractivity contribution >= 4 is 23.7 Å². The fourth-order valence-corrected chi connectivity index (χ4v) is 13.9. The zero-order valence-electron chi connectivity index (χ0n) is 34.2. The van der Waals surface area contributed by atoms with E-state index in [2.05, 4.69) is 27.7 Å². The lowest BCUT2D eigenvalue weighted by Gasteiger charge is -2.70. The Bertz CT molecular complexity index is 1780. The van der Waals surface area contributed by atoms with E-state index in [1.165, 1.54) is 0 Å². The van der Waals surface area contributed by atoms with Gasteiger partial charge in [0, 0.05) is 17.8 Å². The molecule has 0 aromatic rings. The number of ether oxygens (including phenoxy) is 5. The Balaban J connectivity index is 1.08. The predicted octanol–water partition coefficient (Wildman–Crippen LogP) is 1.70. The van der Waals surface area contributed by atoms with Crippen LogP contribution in [0.25, 0.3) is 0 Å². The Kier molecular flexibility index (Phi) is 9.80. The van der Waals surface area contributed by atoms with E-state index >= 15 is 0 Å². The number of esters is 1. The minimum atomic E-state index is -2.04. The second-order valence-corrected chi connectivity index (χ2v) is 20.8. The van der Waals surface area contributed by atoms with Crippen molar-refractivity contribution in [3.63, 3.8) is 0 Å². The topological polar surface area (TPSA) is 256 Å². The van der Waals surface area contributed by atoms with Crippen molar-refractivity contribution in [2.24, 2.45) is 50.2 Å². The SMILES string of the molecule is CC1(C)[C@@H](O[C@@H]2O[C@H](C(=O)O)[C@@H](O)[C@H](O)[C@H]2O[C@@H]2O[C@H](C(=O)O)[C@H](O)[C@H](O)[C@H]2O)CC[C@]2(C)[C@H]3C(=O)C=C4[C@@H]5C[C@]6(C)C[C@@H](OC6=O)[C@]5(C)CC[C@@]4(C)[C@]3(C)CC[C@@H]12. The van der Waals surface area contributed by atoms with Crippen molar-refractivity contribution in [2.75, 3.05) is 0 Å². The van der Waals surface area contributed by atoms with Gasteiger partial charge in [0.2, 0.25) is 0 Å². The molecule has 3 heterocycles. The van der Waals surface area contributed by atoms with E-state index in [-0.39, 0.29) is 51.9 Å². The summed E-state index contributed by atoms with van der Waals surface area (Å²) < 4.78 is 29.4. The summed E-state index contributed by atoms with van der Waals surface area (Å²) in [5.74, 6) is -3.64. The molecule has 7 fully saturated rings. The van der Waals surface area contributed by atoms with Crippen molar-refractivity contribution in [1.29, 1.82) is 0 Å². The number of carboxylic acid groups (broad SMARTS) is 2. The number of hydrogen-bond acceptors (Lipinski definition) is 14. The van der Waals surface area contributed by atoms with Gasteiger partial charge in [-0.25, -0.2) is 9.59 Å². The maximum absolute atomic E-state index is 14.9. The normalized spacial score (nSPS) is 54.6. The van der Waals surface area contributed by atoms with E-state index in [0.717, 1.165) is 31.3 Å². The molecule has 20 atom stereocenters. The Hall–Kier alpha value is -2.54. The Morgan fingerprint density at radius 1 is 0.707 bits per heavy atom. The summed E-state index contributed by atoms with van der Waals surface area (Å²) in [7, 11) is 0. The molecule has 0 spiro atoms. The lowest BCUT2D eigenvalue weighted by atomic mass is 9.33. The van der Waals surface area contributed by atoms with Crippen LogP contribution in [0.15, 0.2) is 11.6 Å². The monoisotopic (exact) mass is 820 g/mol. The van der Waals surface area contributed by atoms with Crippen molar-refractivity contribution in [3.8, 4) is 0 Å². The van der Waals surface area contributed by atoms with Gasteiger partial charge in [-0.15, -0.1) is 0 Å². The molecule has 58 heavy (non-hydrogen) atoms. The fraction of sp³-hybridized carbons (Fsp3) is 0.857. The first-order valence-corrected chi connectivity index (χ1v) is 20.8. The maximum atomic E-state index is 14.9. The van der Waals surface area contributed by atoms with Crippen LogP contribution in [0.4, 0.5) is 0 Å². The van der Waals surface area contributed by atoms with Gasteiger partial charge in [-0.05, 0) is 91.4 Å². The fourth-order valence-electron chi connectivity index (χ4n) is 13.9. The van der Waals surface area contributed by atoms with E-state index in [1.807, 2.05) is 26.8 Å². The molecule has 0 aromatic carbocycles. The summed E-state index contributed by atoms with van der Waals surface area (Å²) in [4.78, 5) is 51.9. The maximum Gasteiger partial charge on any atom is 0.335 e. The van der Waals surface area contributed by atoms with Crippen molar-refractivity contribution < 1.29 is 78.6 Å². The molecule has 7 N–H and O–H groups in total. The third-order valence-electron chi connectivity index (χ3n) is 17.5. The highest BCUT2D eigenvalue weighted by molar-refractivity contribution is 5.96. The number of carbonyl (C=O) groups is 4. The van der Waals surface area contributed by atoms with Crippen molar-refractivity contribution in [3.05, 3.63) is 11.6 Å². The third-order valence-corrected chi connectivity index (χ3v) is 17.5. The first-order chi connectivity index (χ1) is 26.9. The summed E-state index contributed by atoms with van der Waals surface area (Å²) in [6.07, 6.45) is -12.8. The van der Waals surface area contributed by atoms with E-state index in [1.54, 1.807) is 0 Å². The number of aliphatic carboxylic acids is 2. The number of fused-ring (bicyclic) bond motifs is 10. The quantitative estimate of drug-likeness (QED) is 0.149. The molecule has 3 saturated heterocycles. The second kappa shape index (κ2) is 13.5. The molecule has 0 aromatic heterocycles. The van der Waals surface area contributed by atoms with Gasteiger partial charge in [-0.2, -0.15) is 0 Å². The van der Waals surface area contributed by atoms with Crippen LogP contribution in [-0.2, 0) is 42.9 Å². The Morgan fingerprint density at radius 3 is 1.97 bits per heavy atom. The van der Waals surface area contributed by atoms with Crippen LogP contribution in [0.1, 0.15) is 99.8 Å². The van der Waals surface area contributed by atoms with Gasteiger partial charge in [0.15, 0.2) is 30.6 Å². The number of ketones is 1. The van der Waals surface area contributed by atoms with Gasteiger partial charge in [-0.3, -0.25) is 9.59 Å². The lowest BCUT2D eigenvalue weighted by Crippen LogP contribution is -2.68. The highest BCUT2D eigenvalue weighted by atomic mass is 16.8. The van der Waals surface area contributed by atoms with E-state index in [4.69, 9.17) is 23.7 Å². The van der Waals surface area contributed by atoms with Crippen LogP contribution < -0.4 is 0 Å². The van der Waals surface area contributed by atoms with Gasteiger partial charge in [0.25, 0.3) is 0 Å². The Labute approximate surface area is 337 Å². The zero-order valence-corrected chi connectivity index (χ0v) is 34.2. The minimum absolute atomic E-state index is 0.0481. The first kappa shape index (κ1) is 42.2. The molecule has 8 rings (SSSR count). The summed E-state index contributed by atoms with van der Waals surface area (Å²) in [5.41, 5.74) is -1.50. The van der Waals surface area contributed by atoms with Gasteiger partial charge in [-0.1, -0.05) is 47.1 Å². The molecule has 3 aliphatic heterocycles. The summed E-state index contributed by atoms with van der Waals surface area (Å²) in [6, 6.07) is 0. The highest BCUT2D eigenvalue weighted by Crippen LogP contribution is 2.76. The van der Waals surface area contributed by atoms with Gasteiger partial charge in [0.05, 0.1) is 11.5 Å². The second-order valence-electron chi connectivity index (χ2n) is 20.8. The zero-order chi connectivity index (χ0) is 42.4. The number of carbonyl (C=O) groups excluding carboxylic acids is 2. The molecule has 16 nitrogen and oxygen atoms in total. The molecular weight excluding hydrogens is 760 g/mol. The van der Waals surface area contributed by atoms with Crippen LogP contribution >= 0.6 is 0 Å². The van der Waals surface area contributed by atoms with E-state index in [0.29, 0.717) is 25.7 Å². The van der Waals surface area contributed by atoms with Crippen LogP contribution in [0.2, 0.25) is 0 Å². The number of hydrogen-bond donors (Lipinski definition) is 7. The largest absolute Gasteiger partial charge is 0.479 e.